The Kier molecular flexibility index (Phi) is 5.00. The lowest BCUT2D eigenvalue weighted by Gasteiger charge is -2.10. The summed E-state index contributed by atoms with van der Waals surface area (Å²) in [5.74, 6) is 2.22. The minimum atomic E-state index is -0.0410. The summed E-state index contributed by atoms with van der Waals surface area (Å²) < 4.78 is 12.5. The van der Waals surface area contributed by atoms with Gasteiger partial charge in [0, 0.05) is 16.0 Å². The number of hydrogen-bond donors (Lipinski definition) is 0. The van der Waals surface area contributed by atoms with Gasteiger partial charge < -0.3 is 9.26 Å². The smallest absolute Gasteiger partial charge is 0.263 e. The summed E-state index contributed by atoms with van der Waals surface area (Å²) >= 11 is 1.55. The van der Waals surface area contributed by atoms with Gasteiger partial charge in [0.05, 0.1) is 24.2 Å². The van der Waals surface area contributed by atoms with Crippen molar-refractivity contribution >= 4 is 21.6 Å². The average molecular weight is 410 g/mol. The van der Waals surface area contributed by atoms with Crippen LogP contribution in [0, 0.1) is 27.7 Å². The second-order valence-corrected chi connectivity index (χ2v) is 8.23. The summed E-state index contributed by atoms with van der Waals surface area (Å²) in [6.45, 7) is 10.6. The molecule has 0 bridgehead atoms. The van der Waals surface area contributed by atoms with Gasteiger partial charge in [0.1, 0.15) is 22.2 Å². The molecule has 3 heterocycles. The normalized spacial score (nSPS) is 11.3. The van der Waals surface area contributed by atoms with Crippen LogP contribution in [0.4, 0.5) is 0 Å². The summed E-state index contributed by atoms with van der Waals surface area (Å²) in [4.78, 5) is 20.1. The molecule has 4 rings (SSSR count). The minimum Gasteiger partial charge on any atom is -0.494 e. The molecular weight excluding hydrogens is 386 g/mol. The van der Waals surface area contributed by atoms with Gasteiger partial charge in [-0.05, 0) is 52.3 Å². The van der Waals surface area contributed by atoms with Crippen molar-refractivity contribution in [3.63, 3.8) is 0 Å². The fourth-order valence-electron chi connectivity index (χ4n) is 3.60. The van der Waals surface area contributed by atoms with E-state index in [0.29, 0.717) is 24.4 Å². The highest BCUT2D eigenvalue weighted by Gasteiger charge is 2.20. The topological polar surface area (TPSA) is 70.2 Å². The van der Waals surface area contributed by atoms with Gasteiger partial charge in [0.15, 0.2) is 0 Å². The molecule has 1 aromatic carbocycles. The molecule has 0 aliphatic carbocycles. The molecule has 3 aromatic heterocycles. The predicted octanol–water partition coefficient (Wildman–Crippen LogP) is 4.79. The van der Waals surface area contributed by atoms with Crippen molar-refractivity contribution < 1.29 is 9.26 Å². The highest BCUT2D eigenvalue weighted by atomic mass is 32.1. The molecule has 29 heavy (non-hydrogen) atoms. The van der Waals surface area contributed by atoms with Gasteiger partial charge in [0.25, 0.3) is 5.56 Å². The Bertz CT molecular complexity index is 1230. The molecule has 0 saturated heterocycles. The van der Waals surface area contributed by atoms with Crippen molar-refractivity contribution in [2.24, 2.45) is 0 Å². The maximum absolute atomic E-state index is 13.5. The van der Waals surface area contributed by atoms with Crippen molar-refractivity contribution in [3.05, 3.63) is 62.3 Å². The standard InChI is InChI=1S/C22H23N3O3S/c1-6-27-17-9-7-16(8-10-17)19-14(4)29-21-20(19)22(26)25(15(5)23-21)11-18-12(2)24-28-13(18)3/h7-10H,6,11H2,1-5H3. The molecule has 0 spiro atoms. The highest BCUT2D eigenvalue weighted by molar-refractivity contribution is 7.19. The van der Waals surface area contributed by atoms with Crippen LogP contribution in [-0.4, -0.2) is 21.3 Å². The third kappa shape index (κ3) is 3.35. The first-order valence-electron chi connectivity index (χ1n) is 9.56. The number of rotatable bonds is 5. The van der Waals surface area contributed by atoms with Gasteiger partial charge in [-0.2, -0.15) is 0 Å². The van der Waals surface area contributed by atoms with Gasteiger partial charge in [-0.3, -0.25) is 9.36 Å². The van der Waals surface area contributed by atoms with E-state index >= 15 is 0 Å². The fourth-order valence-corrected chi connectivity index (χ4v) is 4.68. The van der Waals surface area contributed by atoms with Crippen LogP contribution in [0.3, 0.4) is 0 Å². The van der Waals surface area contributed by atoms with Gasteiger partial charge >= 0.3 is 0 Å². The van der Waals surface area contributed by atoms with E-state index < -0.39 is 0 Å². The number of thiophene rings is 1. The van der Waals surface area contributed by atoms with E-state index in [1.807, 2.05) is 58.9 Å². The number of fused-ring (bicyclic) bond motifs is 1. The number of benzene rings is 1. The van der Waals surface area contributed by atoms with E-state index in [0.717, 1.165) is 43.6 Å². The van der Waals surface area contributed by atoms with Crippen molar-refractivity contribution in [2.75, 3.05) is 6.61 Å². The Balaban J connectivity index is 1.89. The minimum absolute atomic E-state index is 0.0410. The predicted molar refractivity (Wildman–Crippen MR) is 115 cm³/mol. The summed E-state index contributed by atoms with van der Waals surface area (Å²) in [6, 6.07) is 7.87. The summed E-state index contributed by atoms with van der Waals surface area (Å²) in [5.41, 5.74) is 3.61. The van der Waals surface area contributed by atoms with Gasteiger partial charge in [-0.15, -0.1) is 11.3 Å². The Morgan fingerprint density at radius 3 is 2.48 bits per heavy atom. The molecule has 150 valence electrons. The fraction of sp³-hybridized carbons (Fsp3) is 0.318. The zero-order valence-electron chi connectivity index (χ0n) is 17.2. The van der Waals surface area contributed by atoms with Gasteiger partial charge in [0.2, 0.25) is 0 Å². The Morgan fingerprint density at radius 2 is 1.86 bits per heavy atom. The molecule has 0 N–H and O–H groups in total. The number of aromatic nitrogens is 3. The molecule has 0 atom stereocenters. The van der Waals surface area contributed by atoms with Crippen molar-refractivity contribution in [2.45, 2.75) is 41.2 Å². The van der Waals surface area contributed by atoms with Crippen LogP contribution < -0.4 is 10.3 Å². The lowest BCUT2D eigenvalue weighted by Crippen LogP contribution is -2.24. The Morgan fingerprint density at radius 1 is 1.14 bits per heavy atom. The second-order valence-electron chi connectivity index (χ2n) is 7.02. The van der Waals surface area contributed by atoms with E-state index in [1.165, 1.54) is 0 Å². The molecule has 0 aliphatic heterocycles. The first-order chi connectivity index (χ1) is 13.9. The number of ether oxygens (including phenoxy) is 1. The largest absolute Gasteiger partial charge is 0.494 e. The molecule has 7 heteroatoms. The summed E-state index contributed by atoms with van der Waals surface area (Å²) in [5, 5.41) is 4.67. The van der Waals surface area contributed by atoms with Crippen LogP contribution in [0.1, 0.15) is 34.6 Å². The van der Waals surface area contributed by atoms with Crippen LogP contribution in [0.2, 0.25) is 0 Å². The van der Waals surface area contributed by atoms with Crippen molar-refractivity contribution in [3.8, 4) is 16.9 Å². The Labute approximate surface area is 172 Å². The van der Waals surface area contributed by atoms with E-state index in [4.69, 9.17) is 14.2 Å². The van der Waals surface area contributed by atoms with Crippen molar-refractivity contribution in [1.82, 2.24) is 14.7 Å². The lowest BCUT2D eigenvalue weighted by molar-refractivity contribution is 0.340. The molecule has 6 nitrogen and oxygen atoms in total. The summed E-state index contributed by atoms with van der Waals surface area (Å²) in [7, 11) is 0. The summed E-state index contributed by atoms with van der Waals surface area (Å²) in [6.07, 6.45) is 0. The third-order valence-electron chi connectivity index (χ3n) is 5.13. The Hall–Kier alpha value is -2.93. The average Bonchev–Trinajstić information content (AvgIpc) is 3.18. The molecule has 0 aliphatic rings. The molecule has 0 radical (unpaired) electrons. The van der Waals surface area contributed by atoms with E-state index in [-0.39, 0.29) is 5.56 Å². The third-order valence-corrected chi connectivity index (χ3v) is 6.13. The van der Waals surface area contributed by atoms with Crippen LogP contribution in [-0.2, 0) is 6.54 Å². The zero-order valence-corrected chi connectivity index (χ0v) is 18.0. The van der Waals surface area contributed by atoms with Crippen LogP contribution in [0.25, 0.3) is 21.3 Å². The van der Waals surface area contributed by atoms with Crippen molar-refractivity contribution in [1.29, 1.82) is 0 Å². The highest BCUT2D eigenvalue weighted by Crippen LogP contribution is 2.36. The van der Waals surface area contributed by atoms with E-state index in [2.05, 4.69) is 5.16 Å². The maximum Gasteiger partial charge on any atom is 0.263 e. The van der Waals surface area contributed by atoms with E-state index in [9.17, 15) is 4.79 Å². The SMILES string of the molecule is CCOc1ccc(-c2c(C)sc3nc(C)n(Cc4c(C)noc4C)c(=O)c23)cc1. The molecule has 0 fully saturated rings. The van der Waals surface area contributed by atoms with Gasteiger partial charge in [-0.25, -0.2) is 4.98 Å². The maximum atomic E-state index is 13.5. The molecule has 0 unspecified atom stereocenters. The quantitative estimate of drug-likeness (QED) is 0.474. The number of aryl methyl sites for hydroxylation is 4. The van der Waals surface area contributed by atoms with Crippen LogP contribution in [0.5, 0.6) is 5.75 Å². The molecule has 4 aromatic rings. The molecule has 0 amide bonds. The van der Waals surface area contributed by atoms with Gasteiger partial charge in [-0.1, -0.05) is 17.3 Å². The zero-order chi connectivity index (χ0) is 20.7. The first kappa shape index (κ1) is 19.4. The first-order valence-corrected chi connectivity index (χ1v) is 10.4. The van der Waals surface area contributed by atoms with Crippen LogP contribution in [0.15, 0.2) is 33.6 Å². The number of hydrogen-bond acceptors (Lipinski definition) is 6. The monoisotopic (exact) mass is 409 g/mol. The number of nitrogens with zero attached hydrogens (tertiary/aromatic N) is 3. The second kappa shape index (κ2) is 7.48. The molecule has 0 saturated carbocycles. The lowest BCUT2D eigenvalue weighted by atomic mass is 10.0. The van der Waals surface area contributed by atoms with Crippen LogP contribution >= 0.6 is 11.3 Å². The molecular formula is C22H23N3O3S. The van der Waals surface area contributed by atoms with E-state index in [1.54, 1.807) is 15.9 Å².